The molecule has 0 bridgehead atoms. The normalized spacial score (nSPS) is 10.3. The van der Waals surface area contributed by atoms with E-state index in [1.807, 2.05) is 0 Å². The molecule has 2 nitrogen and oxygen atoms in total. The standard InChI is InChI=1S/C11H16ClFN2/c12-7-3-1-2-4-8-14-11-6-5-10(13)9-15-11/h5-6,9H,1-4,7-8H2,(H,14,15). The smallest absolute Gasteiger partial charge is 0.141 e. The maximum Gasteiger partial charge on any atom is 0.141 e. The van der Waals surface area contributed by atoms with Gasteiger partial charge in [-0.15, -0.1) is 11.6 Å². The van der Waals surface area contributed by atoms with Gasteiger partial charge in [-0.3, -0.25) is 0 Å². The molecular weight excluding hydrogens is 215 g/mol. The molecule has 1 heterocycles. The first-order valence-corrected chi connectivity index (χ1v) is 5.78. The Kier molecular flexibility index (Phi) is 6.09. The minimum absolute atomic E-state index is 0.303. The second kappa shape index (κ2) is 7.46. The molecule has 0 fully saturated rings. The average molecular weight is 231 g/mol. The van der Waals surface area contributed by atoms with Crippen LogP contribution in [0.5, 0.6) is 0 Å². The fourth-order valence-electron chi connectivity index (χ4n) is 1.27. The summed E-state index contributed by atoms with van der Waals surface area (Å²) in [6, 6.07) is 3.05. The number of nitrogens with one attached hydrogen (secondary N) is 1. The lowest BCUT2D eigenvalue weighted by atomic mass is 10.2. The van der Waals surface area contributed by atoms with Crippen LogP contribution in [0.1, 0.15) is 25.7 Å². The van der Waals surface area contributed by atoms with Crippen LogP contribution < -0.4 is 5.32 Å². The Bertz CT molecular complexity index is 264. The van der Waals surface area contributed by atoms with Crippen molar-refractivity contribution in [1.29, 1.82) is 0 Å². The van der Waals surface area contributed by atoms with Crippen LogP contribution in [0.25, 0.3) is 0 Å². The Balaban J connectivity index is 2.07. The van der Waals surface area contributed by atoms with E-state index >= 15 is 0 Å². The maximum absolute atomic E-state index is 12.5. The second-order valence-corrected chi connectivity index (χ2v) is 3.77. The quantitative estimate of drug-likeness (QED) is 0.574. The molecule has 0 saturated carbocycles. The molecule has 1 aromatic heterocycles. The average Bonchev–Trinajstić information content (AvgIpc) is 2.26. The molecule has 0 unspecified atom stereocenters. The van der Waals surface area contributed by atoms with Crippen LogP contribution >= 0.6 is 11.6 Å². The summed E-state index contributed by atoms with van der Waals surface area (Å²) in [7, 11) is 0. The van der Waals surface area contributed by atoms with E-state index in [0.29, 0.717) is 0 Å². The SMILES string of the molecule is Fc1ccc(NCCCCCCCl)nc1. The molecule has 0 aromatic carbocycles. The van der Waals surface area contributed by atoms with Crippen LogP contribution in [-0.4, -0.2) is 17.4 Å². The lowest BCUT2D eigenvalue weighted by Gasteiger charge is -2.04. The number of halogens is 2. The molecule has 4 heteroatoms. The van der Waals surface area contributed by atoms with Crippen molar-refractivity contribution >= 4 is 17.4 Å². The number of aromatic nitrogens is 1. The Morgan fingerprint density at radius 3 is 2.67 bits per heavy atom. The first-order valence-electron chi connectivity index (χ1n) is 5.24. The van der Waals surface area contributed by atoms with Gasteiger partial charge in [0.15, 0.2) is 0 Å². The fourth-order valence-corrected chi connectivity index (χ4v) is 1.46. The van der Waals surface area contributed by atoms with Crippen molar-refractivity contribution in [2.75, 3.05) is 17.7 Å². The van der Waals surface area contributed by atoms with Crippen molar-refractivity contribution in [2.24, 2.45) is 0 Å². The molecule has 1 aromatic rings. The van der Waals surface area contributed by atoms with E-state index in [9.17, 15) is 4.39 Å². The maximum atomic E-state index is 12.5. The molecule has 0 atom stereocenters. The van der Waals surface area contributed by atoms with E-state index in [0.717, 1.165) is 31.1 Å². The topological polar surface area (TPSA) is 24.9 Å². The summed E-state index contributed by atoms with van der Waals surface area (Å²) in [5.74, 6) is 1.17. The minimum atomic E-state index is -0.303. The highest BCUT2D eigenvalue weighted by Crippen LogP contribution is 2.05. The van der Waals surface area contributed by atoms with Gasteiger partial charge < -0.3 is 5.32 Å². The van der Waals surface area contributed by atoms with Crippen LogP contribution in [0.4, 0.5) is 10.2 Å². The first-order chi connectivity index (χ1) is 7.33. The van der Waals surface area contributed by atoms with Gasteiger partial charge in [-0.2, -0.15) is 0 Å². The van der Waals surface area contributed by atoms with Gasteiger partial charge >= 0.3 is 0 Å². The lowest BCUT2D eigenvalue weighted by molar-refractivity contribution is 0.621. The number of anilines is 1. The number of alkyl halides is 1. The van der Waals surface area contributed by atoms with Crippen molar-refractivity contribution in [3.8, 4) is 0 Å². The molecule has 0 aliphatic carbocycles. The predicted octanol–water partition coefficient (Wildman–Crippen LogP) is 3.43. The molecule has 0 radical (unpaired) electrons. The number of rotatable bonds is 7. The van der Waals surface area contributed by atoms with Crippen LogP contribution in [0, 0.1) is 5.82 Å². The van der Waals surface area contributed by atoms with Crippen molar-refractivity contribution in [2.45, 2.75) is 25.7 Å². The van der Waals surface area contributed by atoms with Gasteiger partial charge in [-0.05, 0) is 25.0 Å². The van der Waals surface area contributed by atoms with Gasteiger partial charge in [-0.1, -0.05) is 12.8 Å². The van der Waals surface area contributed by atoms with Gasteiger partial charge in [0, 0.05) is 12.4 Å². The Morgan fingerprint density at radius 2 is 2.00 bits per heavy atom. The third kappa shape index (κ3) is 5.57. The van der Waals surface area contributed by atoms with E-state index in [1.54, 1.807) is 6.07 Å². The zero-order valence-corrected chi connectivity index (χ0v) is 9.43. The van der Waals surface area contributed by atoms with Crippen molar-refractivity contribution in [1.82, 2.24) is 4.98 Å². The number of unbranched alkanes of at least 4 members (excludes halogenated alkanes) is 3. The molecule has 84 valence electrons. The Labute approximate surface area is 94.9 Å². The number of pyridine rings is 1. The summed E-state index contributed by atoms with van der Waals surface area (Å²) in [6.45, 7) is 0.876. The zero-order chi connectivity index (χ0) is 10.9. The van der Waals surface area contributed by atoms with Crippen molar-refractivity contribution < 1.29 is 4.39 Å². The Hall–Kier alpha value is -0.830. The summed E-state index contributed by atoms with van der Waals surface area (Å²) >= 11 is 5.56. The van der Waals surface area contributed by atoms with Crippen molar-refractivity contribution in [3.63, 3.8) is 0 Å². The van der Waals surface area contributed by atoms with Crippen LogP contribution in [0.3, 0.4) is 0 Å². The summed E-state index contributed by atoms with van der Waals surface area (Å²) in [5.41, 5.74) is 0. The molecule has 0 aliphatic rings. The van der Waals surface area contributed by atoms with E-state index < -0.39 is 0 Å². The van der Waals surface area contributed by atoms with Gasteiger partial charge in [0.05, 0.1) is 6.20 Å². The number of hydrogen-bond donors (Lipinski definition) is 1. The van der Waals surface area contributed by atoms with Gasteiger partial charge in [0.1, 0.15) is 11.6 Å². The molecule has 1 N–H and O–H groups in total. The van der Waals surface area contributed by atoms with E-state index in [-0.39, 0.29) is 5.82 Å². The monoisotopic (exact) mass is 230 g/mol. The van der Waals surface area contributed by atoms with Crippen LogP contribution in [0.15, 0.2) is 18.3 Å². The highest BCUT2D eigenvalue weighted by molar-refractivity contribution is 6.17. The third-order valence-corrected chi connectivity index (χ3v) is 2.36. The molecular formula is C11H16ClFN2. The summed E-state index contributed by atoms with van der Waals surface area (Å²) < 4.78 is 12.5. The van der Waals surface area contributed by atoms with Gasteiger partial charge in [0.25, 0.3) is 0 Å². The van der Waals surface area contributed by atoms with Crippen molar-refractivity contribution in [3.05, 3.63) is 24.1 Å². The van der Waals surface area contributed by atoms with Gasteiger partial charge in [0.2, 0.25) is 0 Å². The second-order valence-electron chi connectivity index (χ2n) is 3.39. The van der Waals surface area contributed by atoms with E-state index in [4.69, 9.17) is 11.6 Å². The van der Waals surface area contributed by atoms with Crippen LogP contribution in [-0.2, 0) is 0 Å². The molecule has 0 aliphatic heterocycles. The minimum Gasteiger partial charge on any atom is -0.370 e. The Morgan fingerprint density at radius 1 is 1.20 bits per heavy atom. The molecule has 0 spiro atoms. The highest BCUT2D eigenvalue weighted by Gasteiger charge is 1.94. The zero-order valence-electron chi connectivity index (χ0n) is 8.68. The molecule has 15 heavy (non-hydrogen) atoms. The fraction of sp³-hybridized carbons (Fsp3) is 0.545. The predicted molar refractivity (Wildman–Crippen MR) is 61.9 cm³/mol. The summed E-state index contributed by atoms with van der Waals surface area (Å²) in [6.07, 6.45) is 5.73. The lowest BCUT2D eigenvalue weighted by Crippen LogP contribution is -2.03. The van der Waals surface area contributed by atoms with Crippen LogP contribution in [0.2, 0.25) is 0 Å². The molecule has 1 rings (SSSR count). The van der Waals surface area contributed by atoms with E-state index in [1.165, 1.54) is 25.1 Å². The number of nitrogens with zero attached hydrogens (tertiary/aromatic N) is 1. The highest BCUT2D eigenvalue weighted by atomic mass is 35.5. The molecule has 0 saturated heterocycles. The third-order valence-electron chi connectivity index (χ3n) is 2.09. The summed E-state index contributed by atoms with van der Waals surface area (Å²) in [5, 5.41) is 3.14. The number of hydrogen-bond acceptors (Lipinski definition) is 2. The molecule has 0 amide bonds. The van der Waals surface area contributed by atoms with Gasteiger partial charge in [-0.25, -0.2) is 9.37 Å². The summed E-state index contributed by atoms with van der Waals surface area (Å²) in [4.78, 5) is 3.91. The largest absolute Gasteiger partial charge is 0.370 e. The first kappa shape index (κ1) is 12.2. The van der Waals surface area contributed by atoms with E-state index in [2.05, 4.69) is 10.3 Å².